The minimum absolute atomic E-state index is 0.0335. The quantitative estimate of drug-likeness (QED) is 0.520. The van der Waals surface area contributed by atoms with Gasteiger partial charge in [-0.25, -0.2) is 0 Å². The molecule has 98 valence electrons. The molecule has 1 atom stereocenters. The van der Waals surface area contributed by atoms with E-state index in [0.717, 1.165) is 12.8 Å². The highest BCUT2D eigenvalue weighted by atomic mass is 16.6. The zero-order valence-corrected chi connectivity index (χ0v) is 10.4. The van der Waals surface area contributed by atoms with Gasteiger partial charge in [0.25, 0.3) is 0 Å². The summed E-state index contributed by atoms with van der Waals surface area (Å²) in [6.45, 7) is 4.65. The van der Waals surface area contributed by atoms with Gasteiger partial charge in [0.15, 0.2) is 5.92 Å². The summed E-state index contributed by atoms with van der Waals surface area (Å²) in [5, 5.41) is 0. The summed E-state index contributed by atoms with van der Waals surface area (Å²) in [6.07, 6.45) is 2.18. The van der Waals surface area contributed by atoms with Gasteiger partial charge in [-0.2, -0.15) is 0 Å². The van der Waals surface area contributed by atoms with E-state index >= 15 is 0 Å². The third-order valence-corrected chi connectivity index (χ3v) is 2.66. The highest BCUT2D eigenvalue weighted by molar-refractivity contribution is 5.94. The molecule has 1 fully saturated rings. The van der Waals surface area contributed by atoms with Crippen molar-refractivity contribution < 1.29 is 23.8 Å². The maximum absolute atomic E-state index is 11.7. The van der Waals surface area contributed by atoms with Crippen molar-refractivity contribution in [3.05, 3.63) is 0 Å². The van der Waals surface area contributed by atoms with Crippen LogP contribution in [0.4, 0.5) is 0 Å². The zero-order chi connectivity index (χ0) is 12.7. The van der Waals surface area contributed by atoms with Crippen molar-refractivity contribution in [1.29, 1.82) is 0 Å². The molecule has 0 aromatic carbocycles. The van der Waals surface area contributed by atoms with Crippen LogP contribution in [0, 0.1) is 5.92 Å². The average Bonchev–Trinajstić information content (AvgIpc) is 2.79. The lowest BCUT2D eigenvalue weighted by molar-refractivity contribution is -0.163. The van der Waals surface area contributed by atoms with E-state index in [9.17, 15) is 9.59 Å². The number of esters is 2. The molecule has 0 aromatic rings. The monoisotopic (exact) mass is 244 g/mol. The number of carbonyl (C=O) groups is 2. The highest BCUT2D eigenvalue weighted by Crippen LogP contribution is 2.21. The van der Waals surface area contributed by atoms with Crippen LogP contribution in [-0.2, 0) is 23.8 Å². The second-order valence-corrected chi connectivity index (χ2v) is 3.93. The van der Waals surface area contributed by atoms with Crippen molar-refractivity contribution in [1.82, 2.24) is 0 Å². The normalized spacial score (nSPS) is 19.4. The molecule has 5 heteroatoms. The van der Waals surface area contributed by atoms with Crippen LogP contribution in [0.5, 0.6) is 0 Å². The first-order valence-corrected chi connectivity index (χ1v) is 6.13. The molecular weight excluding hydrogens is 224 g/mol. The number of hydrogen-bond acceptors (Lipinski definition) is 5. The van der Waals surface area contributed by atoms with Crippen molar-refractivity contribution in [3.63, 3.8) is 0 Å². The zero-order valence-electron chi connectivity index (χ0n) is 10.4. The van der Waals surface area contributed by atoms with Crippen molar-refractivity contribution in [2.24, 2.45) is 5.92 Å². The second-order valence-electron chi connectivity index (χ2n) is 3.93. The van der Waals surface area contributed by atoms with Crippen molar-refractivity contribution in [2.75, 3.05) is 19.8 Å². The Morgan fingerprint density at radius 1 is 1.24 bits per heavy atom. The molecule has 1 aliphatic heterocycles. The Bertz CT molecular complexity index is 240. The molecule has 0 aromatic heterocycles. The van der Waals surface area contributed by atoms with Gasteiger partial charge in [-0.05, 0) is 33.1 Å². The number of rotatable bonds is 6. The summed E-state index contributed by atoms with van der Waals surface area (Å²) in [7, 11) is 0. The Balaban J connectivity index is 2.56. The lowest BCUT2D eigenvalue weighted by Gasteiger charge is -2.17. The Morgan fingerprint density at radius 3 is 2.24 bits per heavy atom. The van der Waals surface area contributed by atoms with Crippen LogP contribution < -0.4 is 0 Å². The van der Waals surface area contributed by atoms with E-state index in [1.807, 2.05) is 0 Å². The molecule has 0 saturated carbocycles. The Kier molecular flexibility index (Phi) is 5.97. The van der Waals surface area contributed by atoms with Crippen LogP contribution in [0.3, 0.4) is 0 Å². The van der Waals surface area contributed by atoms with E-state index in [4.69, 9.17) is 14.2 Å². The SMILES string of the molecule is CCOC(=O)C(C[C@H]1CCCO1)C(=O)OCC. The van der Waals surface area contributed by atoms with Gasteiger partial charge in [0.1, 0.15) is 0 Å². The fraction of sp³-hybridized carbons (Fsp3) is 0.833. The van der Waals surface area contributed by atoms with Gasteiger partial charge in [-0.1, -0.05) is 0 Å². The largest absolute Gasteiger partial charge is 0.465 e. The van der Waals surface area contributed by atoms with Crippen molar-refractivity contribution in [2.45, 2.75) is 39.2 Å². The van der Waals surface area contributed by atoms with Gasteiger partial charge < -0.3 is 14.2 Å². The molecule has 0 unspecified atom stereocenters. The summed E-state index contributed by atoms with van der Waals surface area (Å²) in [4.78, 5) is 23.3. The molecule has 1 rings (SSSR count). The second kappa shape index (κ2) is 7.27. The first-order valence-electron chi connectivity index (χ1n) is 6.13. The van der Waals surface area contributed by atoms with Crippen LogP contribution in [0.1, 0.15) is 33.1 Å². The van der Waals surface area contributed by atoms with E-state index in [2.05, 4.69) is 0 Å². The topological polar surface area (TPSA) is 61.8 Å². The molecule has 0 bridgehead atoms. The van der Waals surface area contributed by atoms with Gasteiger partial charge in [0, 0.05) is 6.61 Å². The van der Waals surface area contributed by atoms with Crippen LogP contribution in [0.25, 0.3) is 0 Å². The van der Waals surface area contributed by atoms with E-state index < -0.39 is 17.9 Å². The van der Waals surface area contributed by atoms with Gasteiger partial charge in [-0.3, -0.25) is 9.59 Å². The summed E-state index contributed by atoms with van der Waals surface area (Å²) in [6, 6.07) is 0. The summed E-state index contributed by atoms with van der Waals surface area (Å²) < 4.78 is 15.2. The minimum atomic E-state index is -0.849. The Labute approximate surface area is 101 Å². The summed E-state index contributed by atoms with van der Waals surface area (Å²) in [5.74, 6) is -1.87. The maximum atomic E-state index is 11.7. The third-order valence-electron chi connectivity index (χ3n) is 2.66. The molecule has 0 aliphatic carbocycles. The lowest BCUT2D eigenvalue weighted by atomic mass is 10.00. The number of hydrogen-bond donors (Lipinski definition) is 0. The molecule has 1 saturated heterocycles. The molecule has 0 radical (unpaired) electrons. The van der Waals surface area contributed by atoms with Crippen molar-refractivity contribution in [3.8, 4) is 0 Å². The molecular formula is C12H20O5. The van der Waals surface area contributed by atoms with E-state index in [1.54, 1.807) is 13.8 Å². The summed E-state index contributed by atoms with van der Waals surface area (Å²) in [5.41, 5.74) is 0. The number of carbonyl (C=O) groups excluding carboxylic acids is 2. The standard InChI is InChI=1S/C12H20O5/c1-3-15-11(13)10(12(14)16-4-2)8-9-6-5-7-17-9/h9-10H,3-8H2,1-2H3/t9-/m1/s1. The first kappa shape index (κ1) is 14.0. The maximum Gasteiger partial charge on any atom is 0.320 e. The predicted octanol–water partition coefficient (Wildman–Crippen LogP) is 1.30. The smallest absolute Gasteiger partial charge is 0.320 e. The Morgan fingerprint density at radius 2 is 1.82 bits per heavy atom. The van der Waals surface area contributed by atoms with Crippen LogP contribution >= 0.6 is 0 Å². The highest BCUT2D eigenvalue weighted by Gasteiger charge is 2.33. The van der Waals surface area contributed by atoms with Crippen molar-refractivity contribution >= 4 is 11.9 Å². The van der Waals surface area contributed by atoms with Crippen LogP contribution in [0.2, 0.25) is 0 Å². The van der Waals surface area contributed by atoms with Crippen LogP contribution in [0.15, 0.2) is 0 Å². The van der Waals surface area contributed by atoms with Crippen LogP contribution in [-0.4, -0.2) is 37.9 Å². The predicted molar refractivity (Wildman–Crippen MR) is 60.3 cm³/mol. The molecule has 0 N–H and O–H groups in total. The van der Waals surface area contributed by atoms with E-state index in [1.165, 1.54) is 0 Å². The minimum Gasteiger partial charge on any atom is -0.465 e. The average molecular weight is 244 g/mol. The van der Waals surface area contributed by atoms with Gasteiger partial charge >= 0.3 is 11.9 Å². The fourth-order valence-electron chi connectivity index (χ4n) is 1.87. The van der Waals surface area contributed by atoms with Gasteiger partial charge in [0.2, 0.25) is 0 Å². The molecule has 1 heterocycles. The lowest BCUT2D eigenvalue weighted by Crippen LogP contribution is -2.31. The van der Waals surface area contributed by atoms with E-state index in [0.29, 0.717) is 13.0 Å². The molecule has 0 amide bonds. The fourth-order valence-corrected chi connectivity index (χ4v) is 1.87. The molecule has 1 aliphatic rings. The molecule has 5 nitrogen and oxygen atoms in total. The van der Waals surface area contributed by atoms with E-state index in [-0.39, 0.29) is 19.3 Å². The number of ether oxygens (including phenoxy) is 3. The molecule has 0 spiro atoms. The van der Waals surface area contributed by atoms with Gasteiger partial charge in [0.05, 0.1) is 19.3 Å². The van der Waals surface area contributed by atoms with Gasteiger partial charge in [-0.15, -0.1) is 0 Å². The summed E-state index contributed by atoms with van der Waals surface area (Å²) >= 11 is 0. The first-order chi connectivity index (χ1) is 8.19. The Hall–Kier alpha value is -1.10. The molecule has 17 heavy (non-hydrogen) atoms. The third kappa shape index (κ3) is 4.34.